The molecule has 0 N–H and O–H groups in total. The number of hydrogen-bond acceptors (Lipinski definition) is 4. The van der Waals surface area contributed by atoms with Crippen LogP contribution in [-0.4, -0.2) is 18.0 Å². The zero-order chi connectivity index (χ0) is 13.3. The second-order valence-electron chi connectivity index (χ2n) is 4.20. The summed E-state index contributed by atoms with van der Waals surface area (Å²) in [6.07, 6.45) is 3.22. The van der Waals surface area contributed by atoms with Gasteiger partial charge in [-0.2, -0.15) is 0 Å². The van der Waals surface area contributed by atoms with Crippen molar-refractivity contribution < 1.29 is 8.42 Å². The van der Waals surface area contributed by atoms with E-state index in [2.05, 4.69) is 20.9 Å². The summed E-state index contributed by atoms with van der Waals surface area (Å²) in [6, 6.07) is 1.90. The summed E-state index contributed by atoms with van der Waals surface area (Å²) in [5.74, 6) is -0.00694. The smallest absolute Gasteiger partial charge is 0.228 e. The molecule has 0 aromatic carbocycles. The number of halogens is 1. The highest BCUT2D eigenvalue weighted by Gasteiger charge is 2.23. The zero-order valence-electron chi connectivity index (χ0n) is 10.00. The van der Waals surface area contributed by atoms with Crippen LogP contribution in [-0.2, 0) is 15.6 Å². The molecule has 0 atom stereocenters. The number of hydrogen-bond donors (Lipinski definition) is 0. The quantitative estimate of drug-likeness (QED) is 0.851. The molecule has 0 radical (unpaired) electrons. The van der Waals surface area contributed by atoms with Crippen LogP contribution in [0.5, 0.6) is 0 Å². The fourth-order valence-electron chi connectivity index (χ4n) is 1.61. The van der Waals surface area contributed by atoms with Gasteiger partial charge >= 0.3 is 0 Å². The van der Waals surface area contributed by atoms with E-state index < -0.39 is 9.84 Å². The van der Waals surface area contributed by atoms with Gasteiger partial charge in [0.1, 0.15) is 0 Å². The van der Waals surface area contributed by atoms with Gasteiger partial charge in [-0.3, -0.25) is 0 Å². The zero-order valence-corrected chi connectivity index (χ0v) is 13.2. The average molecular weight is 349 g/mol. The molecule has 0 aliphatic carbocycles. The van der Waals surface area contributed by atoms with Crippen LogP contribution in [0.25, 0.3) is 0 Å². The molecule has 0 aliphatic rings. The van der Waals surface area contributed by atoms with Crippen LogP contribution in [0.15, 0.2) is 33.5 Å². The standard InChI is InChI=1S/C11H13BrN2O2S2/c1-8(2)14-4-3-13-11(14)18(15,16)7-10-5-9(12)6-17-10/h3-6,8H,7H2,1-2H3. The highest BCUT2D eigenvalue weighted by atomic mass is 79.9. The Hall–Kier alpha value is -0.660. The molecule has 0 amide bonds. The van der Waals surface area contributed by atoms with Crippen molar-refractivity contribution in [1.82, 2.24) is 9.55 Å². The van der Waals surface area contributed by atoms with Crippen LogP contribution in [0.1, 0.15) is 24.8 Å². The molecule has 2 aromatic heterocycles. The third-order valence-corrected chi connectivity index (χ3v) is 5.87. The van der Waals surface area contributed by atoms with E-state index in [4.69, 9.17) is 0 Å². The third-order valence-electron chi connectivity index (χ3n) is 2.42. The summed E-state index contributed by atoms with van der Waals surface area (Å²) >= 11 is 4.75. The Morgan fingerprint density at radius 1 is 1.50 bits per heavy atom. The molecule has 7 heteroatoms. The number of rotatable bonds is 4. The van der Waals surface area contributed by atoms with Gasteiger partial charge in [0.05, 0.1) is 5.75 Å². The summed E-state index contributed by atoms with van der Waals surface area (Å²) in [5.41, 5.74) is 0. The van der Waals surface area contributed by atoms with Gasteiger partial charge in [-0.15, -0.1) is 11.3 Å². The molecule has 0 spiro atoms. The Labute approximate surface area is 119 Å². The summed E-state index contributed by atoms with van der Waals surface area (Å²) in [5, 5.41) is 2.02. The molecule has 0 aliphatic heterocycles. The predicted molar refractivity (Wildman–Crippen MR) is 75.5 cm³/mol. The van der Waals surface area contributed by atoms with Crippen LogP contribution >= 0.6 is 27.3 Å². The maximum Gasteiger partial charge on any atom is 0.228 e. The number of sulfone groups is 1. The average Bonchev–Trinajstić information content (AvgIpc) is 2.86. The molecular weight excluding hydrogens is 336 g/mol. The second kappa shape index (κ2) is 5.14. The van der Waals surface area contributed by atoms with Gasteiger partial charge in [0.15, 0.2) is 0 Å². The number of aromatic nitrogens is 2. The van der Waals surface area contributed by atoms with Crippen LogP contribution < -0.4 is 0 Å². The van der Waals surface area contributed by atoms with Crippen molar-refractivity contribution in [2.24, 2.45) is 0 Å². The predicted octanol–water partition coefficient (Wildman–Crippen LogP) is 3.26. The summed E-state index contributed by atoms with van der Waals surface area (Å²) in [7, 11) is -3.39. The Bertz CT molecular complexity index is 644. The van der Waals surface area contributed by atoms with Crippen molar-refractivity contribution in [2.45, 2.75) is 30.8 Å². The normalized spacial score (nSPS) is 12.2. The molecule has 2 rings (SSSR count). The molecule has 98 valence electrons. The van der Waals surface area contributed by atoms with Crippen molar-refractivity contribution in [1.29, 1.82) is 0 Å². The first-order valence-corrected chi connectivity index (χ1v) is 8.71. The van der Waals surface area contributed by atoms with Crippen molar-refractivity contribution in [2.75, 3.05) is 0 Å². The summed E-state index contributed by atoms with van der Waals surface area (Å²) in [4.78, 5) is 4.79. The van der Waals surface area contributed by atoms with Gasteiger partial charge < -0.3 is 4.57 Å². The van der Waals surface area contributed by atoms with Crippen molar-refractivity contribution in [3.05, 3.63) is 33.2 Å². The first kappa shape index (κ1) is 13.8. The van der Waals surface area contributed by atoms with E-state index in [1.54, 1.807) is 10.8 Å². The summed E-state index contributed by atoms with van der Waals surface area (Å²) in [6.45, 7) is 3.87. The van der Waals surface area contributed by atoms with E-state index in [0.29, 0.717) is 0 Å². The molecule has 0 saturated heterocycles. The van der Waals surface area contributed by atoms with Crippen LogP contribution in [0.3, 0.4) is 0 Å². The molecule has 18 heavy (non-hydrogen) atoms. The molecule has 0 fully saturated rings. The van der Waals surface area contributed by atoms with Crippen LogP contribution in [0, 0.1) is 0 Å². The van der Waals surface area contributed by atoms with Crippen molar-refractivity contribution in [3.63, 3.8) is 0 Å². The number of thiophene rings is 1. The van der Waals surface area contributed by atoms with Gasteiger partial charge in [-0.1, -0.05) is 0 Å². The molecule has 0 saturated carbocycles. The number of imidazole rings is 1. The second-order valence-corrected chi connectivity index (χ2v) is 8.00. The lowest BCUT2D eigenvalue weighted by Gasteiger charge is -2.11. The molecule has 0 bridgehead atoms. The lowest BCUT2D eigenvalue weighted by atomic mass is 10.4. The Morgan fingerprint density at radius 3 is 2.78 bits per heavy atom. The van der Waals surface area contributed by atoms with E-state index in [-0.39, 0.29) is 17.0 Å². The Morgan fingerprint density at radius 2 is 2.22 bits per heavy atom. The number of nitrogens with zero attached hydrogens (tertiary/aromatic N) is 2. The maximum absolute atomic E-state index is 12.3. The van der Waals surface area contributed by atoms with E-state index in [1.807, 2.05) is 25.3 Å². The van der Waals surface area contributed by atoms with E-state index in [0.717, 1.165) is 9.35 Å². The van der Waals surface area contributed by atoms with Crippen molar-refractivity contribution in [3.8, 4) is 0 Å². The fourth-order valence-corrected chi connectivity index (χ4v) is 4.99. The van der Waals surface area contributed by atoms with E-state index in [9.17, 15) is 8.42 Å². The minimum absolute atomic E-state index is 0.00694. The molecule has 4 nitrogen and oxygen atoms in total. The molecular formula is C11H13BrN2O2S2. The molecule has 2 aromatic rings. The molecule has 0 unspecified atom stereocenters. The lowest BCUT2D eigenvalue weighted by Crippen LogP contribution is -2.13. The van der Waals surface area contributed by atoms with Gasteiger partial charge in [0.25, 0.3) is 0 Å². The van der Waals surface area contributed by atoms with E-state index >= 15 is 0 Å². The Kier molecular flexibility index (Phi) is 3.93. The first-order chi connectivity index (χ1) is 8.40. The highest BCUT2D eigenvalue weighted by Crippen LogP contribution is 2.24. The largest absolute Gasteiger partial charge is 0.319 e. The first-order valence-electron chi connectivity index (χ1n) is 5.38. The monoisotopic (exact) mass is 348 g/mol. The minimum atomic E-state index is -3.39. The summed E-state index contributed by atoms with van der Waals surface area (Å²) < 4.78 is 27.2. The fraction of sp³-hybridized carbons (Fsp3) is 0.364. The van der Waals surface area contributed by atoms with Gasteiger partial charge in [-0.05, 0) is 35.8 Å². The molecule has 2 heterocycles. The van der Waals surface area contributed by atoms with Crippen molar-refractivity contribution >= 4 is 37.1 Å². The lowest BCUT2D eigenvalue weighted by molar-refractivity contribution is 0.520. The van der Waals surface area contributed by atoms with E-state index in [1.165, 1.54) is 17.5 Å². The Balaban J connectivity index is 2.34. The van der Waals surface area contributed by atoms with Crippen LogP contribution in [0.4, 0.5) is 0 Å². The SMILES string of the molecule is CC(C)n1ccnc1S(=O)(=O)Cc1cc(Br)cs1. The van der Waals surface area contributed by atoms with Gasteiger partial charge in [-0.25, -0.2) is 13.4 Å². The highest BCUT2D eigenvalue weighted by molar-refractivity contribution is 9.10. The topological polar surface area (TPSA) is 52.0 Å². The van der Waals surface area contributed by atoms with Gasteiger partial charge in [0, 0.05) is 33.2 Å². The maximum atomic E-state index is 12.3. The van der Waals surface area contributed by atoms with Gasteiger partial charge in [0.2, 0.25) is 15.0 Å². The van der Waals surface area contributed by atoms with Crippen LogP contribution in [0.2, 0.25) is 0 Å². The third kappa shape index (κ3) is 2.84. The minimum Gasteiger partial charge on any atom is -0.319 e.